The molecule has 0 heterocycles. The van der Waals surface area contributed by atoms with Crippen LogP contribution in [0, 0.1) is 12.8 Å². The summed E-state index contributed by atoms with van der Waals surface area (Å²) in [5, 5.41) is 0. The first-order valence-corrected chi connectivity index (χ1v) is 7.47. The van der Waals surface area contributed by atoms with E-state index in [1.54, 1.807) is 0 Å². The van der Waals surface area contributed by atoms with Gasteiger partial charge in [-0.25, -0.2) is 0 Å². The first kappa shape index (κ1) is 10.0. The van der Waals surface area contributed by atoms with Gasteiger partial charge in [0, 0.05) is 0 Å². The first-order chi connectivity index (χ1) is 4.93. The van der Waals surface area contributed by atoms with Gasteiger partial charge in [-0.3, -0.25) is 12.9 Å². The Labute approximate surface area is 77.6 Å². The van der Waals surface area contributed by atoms with Crippen LogP contribution in [-0.2, 0) is 0 Å². The summed E-state index contributed by atoms with van der Waals surface area (Å²) < 4.78 is 1.47. The molecule has 0 unspecified atom stereocenters. The van der Waals surface area contributed by atoms with E-state index < -0.39 is 0 Å². The molecular formula is C8H7BrMg. The molecule has 2 heteroatoms. The van der Waals surface area contributed by atoms with E-state index in [9.17, 15) is 0 Å². The van der Waals surface area contributed by atoms with E-state index >= 15 is 0 Å². The van der Waals surface area contributed by atoms with Gasteiger partial charge in [0.25, 0.3) is 0 Å². The Morgan fingerprint density at radius 2 is 1.60 bits per heavy atom. The maximum absolute atomic E-state index is 4.00. The zero-order valence-electron chi connectivity index (χ0n) is 5.63. The van der Waals surface area contributed by atoms with Gasteiger partial charge in [-0.2, -0.15) is 3.69 Å². The second-order valence-electron chi connectivity index (χ2n) is 1.62. The second-order valence-corrected chi connectivity index (χ2v) is 4.39. The first-order valence-electron chi connectivity index (χ1n) is 2.86. The predicted molar refractivity (Wildman–Crippen MR) is 50.6 cm³/mol. The minimum absolute atomic E-state index is 0.0962. The Kier molecular flexibility index (Phi) is 7.16. The number of hydrogen-bond acceptors (Lipinski definition) is 0. The van der Waals surface area contributed by atoms with E-state index in [2.05, 4.69) is 50.0 Å². The summed E-state index contributed by atoms with van der Waals surface area (Å²) in [5.41, 5.74) is 0. The van der Waals surface area contributed by atoms with Crippen molar-refractivity contribution in [3.05, 3.63) is 30.3 Å². The second kappa shape index (κ2) is 7.14. The highest BCUT2D eigenvalue weighted by Gasteiger charge is 1.88. The molecule has 1 aromatic rings. The zero-order valence-corrected chi connectivity index (χ0v) is 8.63. The lowest BCUT2D eigenvalue weighted by molar-refractivity contribution is 1.77. The van der Waals surface area contributed by atoms with Gasteiger partial charge in [-0.05, 0) is 0 Å². The van der Waals surface area contributed by atoms with E-state index in [1.807, 2.05) is 6.07 Å². The summed E-state index contributed by atoms with van der Waals surface area (Å²) in [4.78, 5) is 0. The van der Waals surface area contributed by atoms with Gasteiger partial charge >= 0.3 is 18.2 Å². The molecule has 0 aliphatic rings. The highest BCUT2D eigenvalue weighted by molar-refractivity contribution is 9.23. The van der Waals surface area contributed by atoms with Crippen LogP contribution in [0.25, 0.3) is 0 Å². The molecule has 0 bridgehead atoms. The zero-order chi connectivity index (χ0) is 7.82. The summed E-state index contributed by atoms with van der Waals surface area (Å²) >= 11 is 3.40. The van der Waals surface area contributed by atoms with Crippen molar-refractivity contribution in [2.75, 3.05) is 0 Å². The van der Waals surface area contributed by atoms with Crippen LogP contribution in [0.2, 0.25) is 0 Å². The van der Waals surface area contributed by atoms with Crippen molar-refractivity contribution in [1.29, 1.82) is 0 Å². The highest BCUT2D eigenvalue weighted by Crippen LogP contribution is 1.82. The van der Waals surface area contributed by atoms with Crippen LogP contribution in [0.15, 0.2) is 30.3 Å². The Balaban J connectivity index is 0.000000371. The van der Waals surface area contributed by atoms with Crippen molar-refractivity contribution in [1.82, 2.24) is 0 Å². The van der Waals surface area contributed by atoms with Crippen LogP contribution in [-0.4, -0.2) is 18.2 Å². The fourth-order valence-electron chi connectivity index (χ4n) is 0.567. The molecule has 0 N–H and O–H groups in total. The maximum atomic E-state index is 4.00. The monoisotopic (exact) mass is 206 g/mol. The highest BCUT2D eigenvalue weighted by atomic mass is 79.9. The third-order valence-electron chi connectivity index (χ3n) is 0.997. The molecule has 0 spiro atoms. The molecule has 1 aromatic carbocycles. The Bertz CT molecular complexity index is 181. The summed E-state index contributed by atoms with van der Waals surface area (Å²) in [6.45, 7) is 0. The van der Waals surface area contributed by atoms with Crippen LogP contribution < -0.4 is 3.69 Å². The Morgan fingerprint density at radius 3 is 1.90 bits per heavy atom. The van der Waals surface area contributed by atoms with E-state index in [4.69, 9.17) is 0 Å². The predicted octanol–water partition coefficient (Wildman–Crippen LogP) is 1.58. The Hall–Kier alpha value is 0.0262. The van der Waals surface area contributed by atoms with E-state index in [0.29, 0.717) is 0 Å². The smallest absolute Gasteiger partial charge is 0.296 e. The molecule has 0 aliphatic carbocycles. The van der Waals surface area contributed by atoms with Crippen molar-refractivity contribution >= 4 is 34.8 Å². The van der Waals surface area contributed by atoms with Crippen molar-refractivity contribution in [2.45, 2.75) is 0 Å². The van der Waals surface area contributed by atoms with Crippen LogP contribution in [0.4, 0.5) is 0 Å². The van der Waals surface area contributed by atoms with Gasteiger partial charge in [0.1, 0.15) is 0 Å². The van der Waals surface area contributed by atoms with Crippen LogP contribution in [0.3, 0.4) is 0 Å². The van der Waals surface area contributed by atoms with Gasteiger partial charge in [-0.1, -0.05) is 30.3 Å². The standard InChI is InChI=1S/C6H5.C2H2.BrH.Mg/c1-2-4-6-5-3-1;1-2;;/h1-5H;1-2H;1H;/q;;;+1/p-1. The number of terminal acetylenes is 1. The molecule has 10 heavy (non-hydrogen) atoms. The van der Waals surface area contributed by atoms with E-state index in [-0.39, 0.29) is 18.2 Å². The molecule has 0 atom stereocenters. The van der Waals surface area contributed by atoms with Gasteiger partial charge in [0.2, 0.25) is 0 Å². The SMILES string of the molecule is C#C.[Br][Mg][c]1ccccc1. The normalized spacial score (nSPS) is 6.70. The summed E-state index contributed by atoms with van der Waals surface area (Å²) in [7, 11) is 0. The molecule has 0 radical (unpaired) electrons. The average molecular weight is 207 g/mol. The topological polar surface area (TPSA) is 0 Å². The summed E-state index contributed by atoms with van der Waals surface area (Å²) in [5.74, 6) is 0. The van der Waals surface area contributed by atoms with Crippen LogP contribution >= 0.6 is 12.9 Å². The number of benzene rings is 1. The molecule has 0 saturated heterocycles. The van der Waals surface area contributed by atoms with Gasteiger partial charge in [-0.15, -0.1) is 12.8 Å². The minimum atomic E-state index is -0.0962. The van der Waals surface area contributed by atoms with Crippen molar-refractivity contribution in [2.24, 2.45) is 0 Å². The number of rotatable bonds is 1. The lowest BCUT2D eigenvalue weighted by Gasteiger charge is -1.87. The molecule has 1 rings (SSSR count). The van der Waals surface area contributed by atoms with Crippen molar-refractivity contribution < 1.29 is 0 Å². The fourth-order valence-corrected chi connectivity index (χ4v) is 2.14. The quantitative estimate of drug-likeness (QED) is 0.484. The number of hydrogen-bond donors (Lipinski definition) is 0. The molecule has 48 valence electrons. The molecule has 0 aromatic heterocycles. The summed E-state index contributed by atoms with van der Waals surface area (Å²) in [6.07, 6.45) is 8.00. The summed E-state index contributed by atoms with van der Waals surface area (Å²) in [6, 6.07) is 10.5. The van der Waals surface area contributed by atoms with Crippen LogP contribution in [0.1, 0.15) is 0 Å². The number of halogens is 1. The molecule has 0 nitrogen and oxygen atoms in total. The van der Waals surface area contributed by atoms with Gasteiger partial charge in [0.15, 0.2) is 0 Å². The average Bonchev–Trinajstić information content (AvgIpc) is 2.10. The molecule has 0 fully saturated rings. The molecule has 0 amide bonds. The maximum Gasteiger partial charge on any atom is 0.506 e. The minimum Gasteiger partial charge on any atom is -0.296 e. The molecule has 0 aliphatic heterocycles. The van der Waals surface area contributed by atoms with Crippen LogP contribution in [0.5, 0.6) is 0 Å². The van der Waals surface area contributed by atoms with E-state index in [1.165, 1.54) is 3.69 Å². The van der Waals surface area contributed by atoms with E-state index in [0.717, 1.165) is 0 Å². The van der Waals surface area contributed by atoms with Gasteiger partial charge < -0.3 is 0 Å². The molecular weight excluding hydrogens is 200 g/mol. The van der Waals surface area contributed by atoms with Crippen molar-refractivity contribution in [3.8, 4) is 12.8 Å². The third-order valence-corrected chi connectivity index (χ3v) is 3.72. The third kappa shape index (κ3) is 3.94. The molecule has 0 saturated carbocycles. The lowest BCUT2D eigenvalue weighted by atomic mass is 10.4. The fraction of sp³-hybridized carbons (Fsp3) is 0. The largest absolute Gasteiger partial charge is 0.506 e. The van der Waals surface area contributed by atoms with Crippen molar-refractivity contribution in [3.63, 3.8) is 0 Å². The van der Waals surface area contributed by atoms with Gasteiger partial charge in [0.05, 0.1) is 0 Å². The lowest BCUT2D eigenvalue weighted by Crippen LogP contribution is -2.05. The Morgan fingerprint density at radius 1 is 1.10 bits per heavy atom.